The van der Waals surface area contributed by atoms with Crippen LogP contribution in [0.1, 0.15) is 0 Å². The number of benzene rings is 2. The smallest absolute Gasteiger partial charge is 0.210 e. The van der Waals surface area contributed by atoms with Gasteiger partial charge in [-0.3, -0.25) is 0 Å². The van der Waals surface area contributed by atoms with Gasteiger partial charge in [0.1, 0.15) is 10.8 Å². The molecule has 1 N–H and O–H groups in total. The maximum absolute atomic E-state index is 5.20. The Kier molecular flexibility index (Phi) is 4.17. The number of aromatic nitrogens is 2. The number of nitrogens with one attached hydrogen (secondary N) is 1. The van der Waals surface area contributed by atoms with Gasteiger partial charge in [-0.2, -0.15) is 0 Å². The van der Waals surface area contributed by atoms with Crippen molar-refractivity contribution in [3.8, 4) is 16.3 Å². The Labute approximate surface area is 134 Å². The molecule has 0 saturated heterocycles. The van der Waals surface area contributed by atoms with E-state index in [1.54, 1.807) is 7.11 Å². The lowest BCUT2D eigenvalue weighted by molar-refractivity contribution is 0.415. The van der Waals surface area contributed by atoms with E-state index in [0.717, 1.165) is 31.6 Å². The highest BCUT2D eigenvalue weighted by Gasteiger charge is 2.07. The first-order chi connectivity index (χ1) is 10.2. The Bertz CT molecular complexity index is 743. The topological polar surface area (TPSA) is 47.0 Å². The summed E-state index contributed by atoms with van der Waals surface area (Å²) in [5.41, 5.74) is 1.97. The molecule has 0 bridgehead atoms. The molecule has 21 heavy (non-hydrogen) atoms. The van der Waals surface area contributed by atoms with E-state index in [1.165, 1.54) is 11.3 Å². The van der Waals surface area contributed by atoms with Crippen molar-refractivity contribution in [3.05, 3.63) is 53.0 Å². The molecule has 0 amide bonds. The molecule has 2 aromatic carbocycles. The van der Waals surface area contributed by atoms with Crippen LogP contribution in [0, 0.1) is 0 Å². The second-order valence-corrected chi connectivity index (χ2v) is 6.17. The molecule has 0 aliphatic heterocycles. The van der Waals surface area contributed by atoms with Gasteiger partial charge < -0.3 is 10.1 Å². The van der Waals surface area contributed by atoms with Crippen LogP contribution in [0.4, 0.5) is 10.8 Å². The number of methoxy groups -OCH3 is 1. The van der Waals surface area contributed by atoms with Gasteiger partial charge in [-0.05, 0) is 24.3 Å². The predicted octanol–water partition coefficient (Wildman–Crippen LogP) is 4.72. The Morgan fingerprint density at radius 2 is 1.90 bits per heavy atom. The number of hydrogen-bond acceptors (Lipinski definition) is 5. The highest BCUT2D eigenvalue weighted by atomic mass is 79.9. The van der Waals surface area contributed by atoms with Gasteiger partial charge in [-0.1, -0.05) is 45.5 Å². The zero-order valence-electron chi connectivity index (χ0n) is 11.2. The molecule has 106 valence electrons. The fourth-order valence-corrected chi connectivity index (χ4v) is 2.84. The van der Waals surface area contributed by atoms with Gasteiger partial charge in [-0.15, -0.1) is 10.2 Å². The average Bonchev–Trinajstić information content (AvgIpc) is 2.96. The first kappa shape index (κ1) is 14.0. The Morgan fingerprint density at radius 1 is 1.10 bits per heavy atom. The summed E-state index contributed by atoms with van der Waals surface area (Å²) in [5.74, 6) is 0.803. The quantitative estimate of drug-likeness (QED) is 0.730. The van der Waals surface area contributed by atoms with Crippen LogP contribution in [0.25, 0.3) is 10.6 Å². The maximum Gasteiger partial charge on any atom is 0.210 e. The summed E-state index contributed by atoms with van der Waals surface area (Å²) in [6, 6.07) is 15.7. The summed E-state index contributed by atoms with van der Waals surface area (Å²) in [5, 5.41) is 13.3. The third kappa shape index (κ3) is 3.40. The monoisotopic (exact) mass is 361 g/mol. The van der Waals surface area contributed by atoms with Crippen molar-refractivity contribution < 1.29 is 4.74 Å². The molecule has 3 rings (SSSR count). The number of nitrogens with zero attached hydrogens (tertiary/aromatic N) is 2. The van der Waals surface area contributed by atoms with E-state index in [2.05, 4.69) is 31.4 Å². The van der Waals surface area contributed by atoms with Gasteiger partial charge in [0.05, 0.1) is 7.11 Å². The third-order valence-corrected chi connectivity index (χ3v) is 4.25. The van der Waals surface area contributed by atoms with Crippen molar-refractivity contribution in [1.82, 2.24) is 10.2 Å². The number of halogens is 1. The second kappa shape index (κ2) is 6.24. The summed E-state index contributed by atoms with van der Waals surface area (Å²) < 4.78 is 6.25. The zero-order chi connectivity index (χ0) is 14.7. The largest absolute Gasteiger partial charge is 0.497 e. The fourth-order valence-electron chi connectivity index (χ4n) is 1.81. The van der Waals surface area contributed by atoms with Crippen LogP contribution >= 0.6 is 27.3 Å². The SMILES string of the molecule is COc1cccc(Nc2nnc(-c3ccc(Br)cc3)s2)c1. The zero-order valence-corrected chi connectivity index (χ0v) is 13.6. The second-order valence-electron chi connectivity index (χ2n) is 4.28. The van der Waals surface area contributed by atoms with E-state index in [0.29, 0.717) is 0 Å². The number of anilines is 2. The van der Waals surface area contributed by atoms with Crippen LogP contribution < -0.4 is 10.1 Å². The molecule has 0 radical (unpaired) electrons. The molecule has 0 spiro atoms. The molecule has 0 aliphatic rings. The molecule has 0 unspecified atom stereocenters. The van der Waals surface area contributed by atoms with E-state index < -0.39 is 0 Å². The number of ether oxygens (including phenoxy) is 1. The van der Waals surface area contributed by atoms with Gasteiger partial charge in [0, 0.05) is 21.8 Å². The highest BCUT2D eigenvalue weighted by molar-refractivity contribution is 9.10. The van der Waals surface area contributed by atoms with Crippen LogP contribution in [0.15, 0.2) is 53.0 Å². The Hall–Kier alpha value is -1.92. The summed E-state index contributed by atoms with van der Waals surface area (Å²) in [4.78, 5) is 0. The van der Waals surface area contributed by atoms with Crippen molar-refractivity contribution in [3.63, 3.8) is 0 Å². The summed E-state index contributed by atoms with van der Waals surface area (Å²) >= 11 is 4.93. The molecule has 1 aromatic heterocycles. The minimum Gasteiger partial charge on any atom is -0.497 e. The van der Waals surface area contributed by atoms with E-state index in [4.69, 9.17) is 4.74 Å². The van der Waals surface area contributed by atoms with Crippen LogP contribution in [-0.2, 0) is 0 Å². The summed E-state index contributed by atoms with van der Waals surface area (Å²) in [6.45, 7) is 0. The van der Waals surface area contributed by atoms with Crippen molar-refractivity contribution in [2.75, 3.05) is 12.4 Å². The van der Waals surface area contributed by atoms with Crippen molar-refractivity contribution in [2.45, 2.75) is 0 Å². The predicted molar refractivity (Wildman–Crippen MR) is 89.3 cm³/mol. The van der Waals surface area contributed by atoms with Crippen molar-refractivity contribution in [1.29, 1.82) is 0 Å². The molecule has 4 nitrogen and oxygen atoms in total. The van der Waals surface area contributed by atoms with E-state index in [9.17, 15) is 0 Å². The van der Waals surface area contributed by atoms with Crippen LogP contribution in [-0.4, -0.2) is 17.3 Å². The average molecular weight is 362 g/mol. The van der Waals surface area contributed by atoms with Gasteiger partial charge in [0.2, 0.25) is 5.13 Å². The van der Waals surface area contributed by atoms with Gasteiger partial charge >= 0.3 is 0 Å². The molecule has 1 heterocycles. The minimum absolute atomic E-state index is 0.751. The lowest BCUT2D eigenvalue weighted by Crippen LogP contribution is -1.90. The molecule has 6 heteroatoms. The molecule has 0 aliphatic carbocycles. The van der Waals surface area contributed by atoms with E-state index in [1.807, 2.05) is 48.5 Å². The summed E-state index contributed by atoms with van der Waals surface area (Å²) in [6.07, 6.45) is 0. The van der Waals surface area contributed by atoms with Gasteiger partial charge in [-0.25, -0.2) is 0 Å². The van der Waals surface area contributed by atoms with E-state index in [-0.39, 0.29) is 0 Å². The first-order valence-corrected chi connectivity index (χ1v) is 7.86. The van der Waals surface area contributed by atoms with Crippen molar-refractivity contribution >= 4 is 38.1 Å². The molecule has 0 saturated carbocycles. The third-order valence-electron chi connectivity index (χ3n) is 2.84. The fraction of sp³-hybridized carbons (Fsp3) is 0.0667. The lowest BCUT2D eigenvalue weighted by atomic mass is 10.2. The lowest BCUT2D eigenvalue weighted by Gasteiger charge is -2.04. The van der Waals surface area contributed by atoms with E-state index >= 15 is 0 Å². The van der Waals surface area contributed by atoms with Crippen LogP contribution in [0.2, 0.25) is 0 Å². The first-order valence-electron chi connectivity index (χ1n) is 6.25. The van der Waals surface area contributed by atoms with Gasteiger partial charge in [0.15, 0.2) is 0 Å². The standard InChI is InChI=1S/C15H12BrN3OS/c1-20-13-4-2-3-12(9-13)17-15-19-18-14(21-15)10-5-7-11(16)8-6-10/h2-9H,1H3,(H,17,19). The van der Waals surface area contributed by atoms with Gasteiger partial charge in [0.25, 0.3) is 0 Å². The number of hydrogen-bond donors (Lipinski definition) is 1. The molecule has 3 aromatic rings. The van der Waals surface area contributed by atoms with Crippen LogP contribution in [0.5, 0.6) is 5.75 Å². The molecule has 0 fully saturated rings. The Morgan fingerprint density at radius 3 is 2.67 bits per heavy atom. The van der Waals surface area contributed by atoms with Crippen molar-refractivity contribution in [2.24, 2.45) is 0 Å². The number of rotatable bonds is 4. The molecule has 0 atom stereocenters. The molecular weight excluding hydrogens is 350 g/mol. The Balaban J connectivity index is 1.80. The maximum atomic E-state index is 5.20. The minimum atomic E-state index is 0.751. The normalized spacial score (nSPS) is 10.4. The summed E-state index contributed by atoms with van der Waals surface area (Å²) in [7, 11) is 1.65. The van der Waals surface area contributed by atoms with Crippen LogP contribution in [0.3, 0.4) is 0 Å². The highest BCUT2D eigenvalue weighted by Crippen LogP contribution is 2.29. The molecular formula is C15H12BrN3OS.